The van der Waals surface area contributed by atoms with Gasteiger partial charge < -0.3 is 14.8 Å². The number of carbonyl (C=O) groups is 1. The SMILES string of the molecule is COc1cc(/C=C2\SC(=Nc3cc(Cl)ccc3C)NC2=O)ccc1OCc1ccccc1. The number of aliphatic imine (C=N–C) groups is 1. The number of hydrogen-bond donors (Lipinski definition) is 1. The molecule has 1 fully saturated rings. The smallest absolute Gasteiger partial charge is 0.264 e. The lowest BCUT2D eigenvalue weighted by Gasteiger charge is -2.11. The van der Waals surface area contributed by atoms with Crippen LogP contribution in [0.1, 0.15) is 16.7 Å². The first kappa shape index (κ1) is 22.0. The fourth-order valence-electron chi connectivity index (χ4n) is 3.07. The Balaban J connectivity index is 1.51. The Morgan fingerprint density at radius 1 is 1.06 bits per heavy atom. The zero-order valence-corrected chi connectivity index (χ0v) is 19.2. The summed E-state index contributed by atoms with van der Waals surface area (Å²) >= 11 is 7.35. The van der Waals surface area contributed by atoms with Crippen molar-refractivity contribution in [2.75, 3.05) is 7.11 Å². The van der Waals surface area contributed by atoms with E-state index in [0.717, 1.165) is 22.4 Å². The van der Waals surface area contributed by atoms with Crippen LogP contribution in [0.2, 0.25) is 5.02 Å². The molecule has 0 radical (unpaired) electrons. The average molecular weight is 465 g/mol. The zero-order valence-electron chi connectivity index (χ0n) is 17.6. The number of benzene rings is 3. The summed E-state index contributed by atoms with van der Waals surface area (Å²) in [6.07, 6.45) is 1.80. The number of thioether (sulfide) groups is 1. The van der Waals surface area contributed by atoms with Crippen LogP contribution in [0.25, 0.3) is 6.08 Å². The summed E-state index contributed by atoms with van der Waals surface area (Å²) in [6.45, 7) is 2.39. The molecule has 1 heterocycles. The Morgan fingerprint density at radius 2 is 1.88 bits per heavy atom. The largest absolute Gasteiger partial charge is 0.493 e. The molecule has 0 bridgehead atoms. The predicted octanol–water partition coefficient (Wildman–Crippen LogP) is 6.13. The summed E-state index contributed by atoms with van der Waals surface area (Å²) in [6, 6.07) is 21.0. The molecule has 0 unspecified atom stereocenters. The van der Waals surface area contributed by atoms with E-state index in [1.54, 1.807) is 19.3 Å². The van der Waals surface area contributed by atoms with E-state index in [1.165, 1.54) is 11.8 Å². The first-order valence-corrected chi connectivity index (χ1v) is 11.1. The van der Waals surface area contributed by atoms with Crippen LogP contribution in [-0.4, -0.2) is 18.2 Å². The molecule has 3 aromatic rings. The fourth-order valence-corrected chi connectivity index (χ4v) is 4.07. The molecule has 0 aliphatic carbocycles. The molecule has 162 valence electrons. The first-order chi connectivity index (χ1) is 15.5. The Kier molecular flexibility index (Phi) is 6.83. The summed E-state index contributed by atoms with van der Waals surface area (Å²) in [4.78, 5) is 17.5. The van der Waals surface area contributed by atoms with Crippen molar-refractivity contribution in [2.45, 2.75) is 13.5 Å². The third kappa shape index (κ3) is 5.33. The van der Waals surface area contributed by atoms with Gasteiger partial charge in [0.1, 0.15) is 6.61 Å². The van der Waals surface area contributed by atoms with Crippen LogP contribution in [0.4, 0.5) is 5.69 Å². The maximum absolute atomic E-state index is 12.4. The number of aryl methyl sites for hydroxylation is 1. The molecule has 4 rings (SSSR count). The molecule has 1 aliphatic heterocycles. The highest BCUT2D eigenvalue weighted by Gasteiger charge is 2.24. The lowest BCUT2D eigenvalue weighted by atomic mass is 10.2. The monoisotopic (exact) mass is 464 g/mol. The van der Waals surface area contributed by atoms with Gasteiger partial charge in [-0.05, 0) is 65.7 Å². The maximum Gasteiger partial charge on any atom is 0.264 e. The van der Waals surface area contributed by atoms with Gasteiger partial charge in [-0.2, -0.15) is 0 Å². The van der Waals surface area contributed by atoms with E-state index in [2.05, 4.69) is 10.3 Å². The number of nitrogens with one attached hydrogen (secondary N) is 1. The van der Waals surface area contributed by atoms with Crippen molar-refractivity contribution >= 4 is 46.2 Å². The molecule has 3 aromatic carbocycles. The highest BCUT2D eigenvalue weighted by molar-refractivity contribution is 8.18. The molecular weight excluding hydrogens is 444 g/mol. The second kappa shape index (κ2) is 9.94. The standard InChI is InChI=1S/C25H21ClN2O3S/c1-16-8-10-19(26)14-20(16)27-25-28-24(29)23(32-25)13-18-9-11-21(22(12-18)30-2)31-15-17-6-4-3-5-7-17/h3-14H,15H2,1-2H3,(H,27,28,29)/b23-13-. The number of amides is 1. The number of nitrogens with zero attached hydrogens (tertiary/aromatic N) is 1. The molecule has 1 N–H and O–H groups in total. The van der Waals surface area contributed by atoms with Gasteiger partial charge in [0, 0.05) is 5.02 Å². The summed E-state index contributed by atoms with van der Waals surface area (Å²) in [5.41, 5.74) is 3.60. The number of hydrogen-bond acceptors (Lipinski definition) is 5. The van der Waals surface area contributed by atoms with Gasteiger partial charge in [0.05, 0.1) is 17.7 Å². The first-order valence-electron chi connectivity index (χ1n) is 9.92. The fraction of sp³-hybridized carbons (Fsp3) is 0.120. The number of amidine groups is 1. The second-order valence-corrected chi connectivity index (χ2v) is 8.56. The Hall–Kier alpha value is -3.22. The molecule has 32 heavy (non-hydrogen) atoms. The van der Waals surface area contributed by atoms with Crippen LogP contribution in [-0.2, 0) is 11.4 Å². The van der Waals surface area contributed by atoms with E-state index >= 15 is 0 Å². The van der Waals surface area contributed by atoms with Crippen molar-refractivity contribution < 1.29 is 14.3 Å². The predicted molar refractivity (Wildman–Crippen MR) is 131 cm³/mol. The summed E-state index contributed by atoms with van der Waals surface area (Å²) in [7, 11) is 1.59. The Labute approximate surface area is 196 Å². The minimum Gasteiger partial charge on any atom is -0.493 e. The molecule has 7 heteroatoms. The van der Waals surface area contributed by atoms with Gasteiger partial charge in [-0.3, -0.25) is 4.79 Å². The number of rotatable bonds is 6. The summed E-state index contributed by atoms with van der Waals surface area (Å²) < 4.78 is 11.4. The van der Waals surface area contributed by atoms with Crippen molar-refractivity contribution in [3.63, 3.8) is 0 Å². The molecule has 0 aromatic heterocycles. The van der Waals surface area contributed by atoms with Crippen molar-refractivity contribution in [1.82, 2.24) is 5.32 Å². The van der Waals surface area contributed by atoms with Gasteiger partial charge in [0.25, 0.3) is 5.91 Å². The van der Waals surface area contributed by atoms with Crippen LogP contribution in [0.5, 0.6) is 11.5 Å². The van der Waals surface area contributed by atoms with Crippen molar-refractivity contribution in [3.05, 3.63) is 93.3 Å². The average Bonchev–Trinajstić information content (AvgIpc) is 3.14. The third-order valence-corrected chi connectivity index (χ3v) is 5.91. The van der Waals surface area contributed by atoms with E-state index < -0.39 is 0 Å². The number of methoxy groups -OCH3 is 1. The van der Waals surface area contributed by atoms with Crippen LogP contribution in [0.3, 0.4) is 0 Å². The lowest BCUT2D eigenvalue weighted by Crippen LogP contribution is -2.19. The van der Waals surface area contributed by atoms with Crippen LogP contribution in [0.15, 0.2) is 76.6 Å². The van der Waals surface area contributed by atoms with E-state index in [-0.39, 0.29) is 5.91 Å². The Bertz CT molecular complexity index is 1210. The zero-order chi connectivity index (χ0) is 22.5. The van der Waals surface area contributed by atoms with Gasteiger partial charge in [-0.25, -0.2) is 4.99 Å². The second-order valence-electron chi connectivity index (χ2n) is 7.10. The quantitative estimate of drug-likeness (QED) is 0.446. The van der Waals surface area contributed by atoms with Crippen molar-refractivity contribution in [2.24, 2.45) is 4.99 Å². The van der Waals surface area contributed by atoms with E-state index in [0.29, 0.717) is 33.2 Å². The van der Waals surface area contributed by atoms with Crippen molar-refractivity contribution in [1.29, 1.82) is 0 Å². The van der Waals surface area contributed by atoms with Gasteiger partial charge in [-0.15, -0.1) is 0 Å². The molecule has 1 amide bonds. The number of ether oxygens (including phenoxy) is 2. The van der Waals surface area contributed by atoms with Gasteiger partial charge >= 0.3 is 0 Å². The van der Waals surface area contributed by atoms with Gasteiger partial charge in [0.2, 0.25) is 0 Å². The van der Waals surface area contributed by atoms with Gasteiger partial charge in [0.15, 0.2) is 16.7 Å². The molecule has 0 atom stereocenters. The highest BCUT2D eigenvalue weighted by Crippen LogP contribution is 2.33. The van der Waals surface area contributed by atoms with Crippen LogP contribution in [0, 0.1) is 6.92 Å². The molecule has 1 saturated heterocycles. The van der Waals surface area contributed by atoms with Gasteiger partial charge in [-0.1, -0.05) is 54.1 Å². The van der Waals surface area contributed by atoms with E-state index in [9.17, 15) is 4.79 Å². The van der Waals surface area contributed by atoms with E-state index in [1.807, 2.05) is 67.6 Å². The molecule has 5 nitrogen and oxygen atoms in total. The summed E-state index contributed by atoms with van der Waals surface area (Å²) in [5, 5.41) is 3.92. The maximum atomic E-state index is 12.4. The van der Waals surface area contributed by atoms with Crippen LogP contribution >= 0.6 is 23.4 Å². The normalized spacial score (nSPS) is 15.8. The minimum absolute atomic E-state index is 0.197. The molecular formula is C25H21ClN2O3S. The number of carbonyl (C=O) groups excluding carboxylic acids is 1. The Morgan fingerprint density at radius 3 is 2.66 bits per heavy atom. The van der Waals surface area contributed by atoms with Crippen LogP contribution < -0.4 is 14.8 Å². The molecule has 0 saturated carbocycles. The van der Waals surface area contributed by atoms with E-state index in [4.69, 9.17) is 21.1 Å². The highest BCUT2D eigenvalue weighted by atomic mass is 35.5. The summed E-state index contributed by atoms with van der Waals surface area (Å²) in [5.74, 6) is 1.04. The van der Waals surface area contributed by atoms with Crippen molar-refractivity contribution in [3.8, 4) is 11.5 Å². The molecule has 1 aliphatic rings. The number of halogens is 1. The topological polar surface area (TPSA) is 59.9 Å². The third-order valence-electron chi connectivity index (χ3n) is 4.77. The lowest BCUT2D eigenvalue weighted by molar-refractivity contribution is -0.115. The minimum atomic E-state index is -0.197. The molecule has 0 spiro atoms.